The van der Waals surface area contributed by atoms with Crippen molar-refractivity contribution in [2.75, 3.05) is 31.2 Å². The number of rotatable bonds is 4. The molecule has 0 bridgehead atoms. The minimum atomic E-state index is -0.606. The van der Waals surface area contributed by atoms with Gasteiger partial charge in [0.15, 0.2) is 0 Å². The lowest BCUT2D eigenvalue weighted by molar-refractivity contribution is -0.125. The number of nitrogens with one attached hydrogen (secondary N) is 1. The van der Waals surface area contributed by atoms with E-state index in [4.69, 9.17) is 5.73 Å². The van der Waals surface area contributed by atoms with Crippen molar-refractivity contribution in [1.82, 2.24) is 9.80 Å². The first kappa shape index (κ1) is 14.8. The van der Waals surface area contributed by atoms with E-state index in [1.54, 1.807) is 0 Å². The maximum absolute atomic E-state index is 13.5. The molecule has 4 amide bonds. The van der Waals surface area contributed by atoms with E-state index < -0.39 is 17.8 Å². The van der Waals surface area contributed by atoms with Gasteiger partial charge in [-0.3, -0.25) is 14.5 Å². The Hall–Kier alpha value is -2.64. The number of nitrogen functional groups attached to an aromatic ring is 1. The Kier molecular flexibility index (Phi) is 4.06. The topological polar surface area (TPSA) is 95.7 Å². The van der Waals surface area contributed by atoms with Gasteiger partial charge in [0, 0.05) is 25.7 Å². The minimum Gasteiger partial charge on any atom is -0.399 e. The molecule has 0 atom stereocenters. The number of anilines is 2. The summed E-state index contributed by atoms with van der Waals surface area (Å²) in [6.45, 7) is -0.0396. The van der Waals surface area contributed by atoms with E-state index in [9.17, 15) is 18.8 Å². The summed E-state index contributed by atoms with van der Waals surface area (Å²) in [5, 5.41) is 2.36. The second kappa shape index (κ2) is 5.78. The molecule has 8 heteroatoms. The Morgan fingerprint density at radius 1 is 1.43 bits per heavy atom. The molecule has 1 aromatic rings. The molecule has 2 rings (SSSR count). The predicted octanol–water partition coefficient (Wildman–Crippen LogP) is 0.631. The molecule has 1 saturated heterocycles. The highest BCUT2D eigenvalue weighted by Gasteiger charge is 2.33. The van der Waals surface area contributed by atoms with Crippen molar-refractivity contribution in [3.63, 3.8) is 0 Å². The molecule has 0 radical (unpaired) electrons. The number of nitrogens with zero attached hydrogens (tertiary/aromatic N) is 2. The third-order valence-electron chi connectivity index (χ3n) is 3.06. The van der Waals surface area contributed by atoms with Gasteiger partial charge in [0.1, 0.15) is 12.4 Å². The number of carbonyl (C=O) groups is 3. The fourth-order valence-corrected chi connectivity index (χ4v) is 1.95. The first-order valence-corrected chi connectivity index (χ1v) is 6.29. The number of hydrogen-bond donors (Lipinski definition) is 2. The minimum absolute atomic E-state index is 0.00427. The molecule has 1 aliphatic heterocycles. The molecule has 21 heavy (non-hydrogen) atoms. The Labute approximate surface area is 120 Å². The monoisotopic (exact) mass is 294 g/mol. The summed E-state index contributed by atoms with van der Waals surface area (Å²) in [6, 6.07) is 3.38. The fraction of sp³-hybridized carbons (Fsp3) is 0.308. The van der Waals surface area contributed by atoms with Crippen molar-refractivity contribution in [1.29, 1.82) is 0 Å². The number of halogens is 1. The van der Waals surface area contributed by atoms with E-state index >= 15 is 0 Å². The van der Waals surface area contributed by atoms with E-state index in [1.165, 1.54) is 24.1 Å². The van der Waals surface area contributed by atoms with Crippen LogP contribution in [0.25, 0.3) is 0 Å². The lowest BCUT2D eigenvalue weighted by Gasteiger charge is -2.14. The van der Waals surface area contributed by atoms with E-state index in [0.29, 0.717) is 5.69 Å². The van der Waals surface area contributed by atoms with Crippen LogP contribution in [0.4, 0.5) is 20.6 Å². The van der Waals surface area contributed by atoms with Crippen molar-refractivity contribution >= 4 is 29.2 Å². The zero-order chi connectivity index (χ0) is 15.6. The summed E-state index contributed by atoms with van der Waals surface area (Å²) < 4.78 is 13.5. The molecule has 3 N–H and O–H groups in total. The third kappa shape index (κ3) is 3.28. The maximum Gasteiger partial charge on any atom is 0.326 e. The Morgan fingerprint density at radius 2 is 2.14 bits per heavy atom. The molecule has 0 spiro atoms. The number of carbonyl (C=O) groups excluding carboxylic acids is 3. The SMILES string of the molecule is CN1CC(=O)N(CCC(=O)Nc2cc(N)ccc2F)C1=O. The van der Waals surface area contributed by atoms with Crippen molar-refractivity contribution in [2.45, 2.75) is 6.42 Å². The van der Waals surface area contributed by atoms with Gasteiger partial charge in [0.2, 0.25) is 11.8 Å². The van der Waals surface area contributed by atoms with Crippen molar-refractivity contribution in [2.24, 2.45) is 0 Å². The van der Waals surface area contributed by atoms with Crippen LogP contribution in [0.15, 0.2) is 18.2 Å². The molecule has 0 aliphatic carbocycles. The van der Waals surface area contributed by atoms with Gasteiger partial charge in [0.05, 0.1) is 5.69 Å². The summed E-state index contributed by atoms with van der Waals surface area (Å²) in [5.41, 5.74) is 5.79. The van der Waals surface area contributed by atoms with Crippen LogP contribution in [0.5, 0.6) is 0 Å². The average molecular weight is 294 g/mol. The highest BCUT2D eigenvalue weighted by Crippen LogP contribution is 2.17. The van der Waals surface area contributed by atoms with Gasteiger partial charge in [0.25, 0.3) is 0 Å². The number of benzene rings is 1. The van der Waals surface area contributed by atoms with Crippen molar-refractivity contribution in [3.05, 3.63) is 24.0 Å². The number of hydrogen-bond acceptors (Lipinski definition) is 4. The number of imide groups is 1. The van der Waals surface area contributed by atoms with Gasteiger partial charge in [-0.1, -0.05) is 0 Å². The highest BCUT2D eigenvalue weighted by atomic mass is 19.1. The fourth-order valence-electron chi connectivity index (χ4n) is 1.95. The first-order valence-electron chi connectivity index (χ1n) is 6.29. The van der Waals surface area contributed by atoms with Crippen LogP contribution in [0, 0.1) is 5.82 Å². The zero-order valence-corrected chi connectivity index (χ0v) is 11.4. The lowest BCUT2D eigenvalue weighted by atomic mass is 10.2. The largest absolute Gasteiger partial charge is 0.399 e. The number of amides is 4. The normalized spacial score (nSPS) is 14.8. The van der Waals surface area contributed by atoms with Gasteiger partial charge in [-0.2, -0.15) is 0 Å². The van der Waals surface area contributed by atoms with Crippen LogP contribution in [0.1, 0.15) is 6.42 Å². The number of urea groups is 1. The summed E-state index contributed by atoms with van der Waals surface area (Å²) in [6.07, 6.45) is -0.112. The van der Waals surface area contributed by atoms with Crippen LogP contribution < -0.4 is 11.1 Å². The van der Waals surface area contributed by atoms with Gasteiger partial charge in [-0.25, -0.2) is 9.18 Å². The van der Waals surface area contributed by atoms with Crippen LogP contribution in [-0.2, 0) is 9.59 Å². The van der Waals surface area contributed by atoms with Crippen LogP contribution in [0.3, 0.4) is 0 Å². The molecule has 0 aromatic heterocycles. The lowest BCUT2D eigenvalue weighted by Crippen LogP contribution is -2.34. The van der Waals surface area contributed by atoms with Gasteiger partial charge in [-0.05, 0) is 18.2 Å². The predicted molar refractivity (Wildman–Crippen MR) is 73.8 cm³/mol. The molecular formula is C13H15FN4O3. The molecule has 7 nitrogen and oxygen atoms in total. The molecule has 1 heterocycles. The van der Waals surface area contributed by atoms with E-state index in [1.807, 2.05) is 0 Å². The molecule has 0 saturated carbocycles. The second-order valence-electron chi connectivity index (χ2n) is 4.72. The molecular weight excluding hydrogens is 279 g/mol. The van der Waals surface area contributed by atoms with Gasteiger partial charge < -0.3 is 16.0 Å². The summed E-state index contributed by atoms with van der Waals surface area (Å²) in [4.78, 5) is 37.1. The molecule has 0 unspecified atom stereocenters. The van der Waals surface area contributed by atoms with E-state index in [0.717, 1.165) is 11.0 Å². The Morgan fingerprint density at radius 3 is 2.76 bits per heavy atom. The van der Waals surface area contributed by atoms with Crippen molar-refractivity contribution < 1.29 is 18.8 Å². The Balaban J connectivity index is 1.92. The average Bonchev–Trinajstić information content (AvgIpc) is 2.66. The first-order chi connectivity index (χ1) is 9.88. The molecule has 1 aromatic carbocycles. The highest BCUT2D eigenvalue weighted by molar-refractivity contribution is 6.02. The van der Waals surface area contributed by atoms with Gasteiger partial charge in [-0.15, -0.1) is 0 Å². The maximum atomic E-state index is 13.5. The van der Waals surface area contributed by atoms with Crippen molar-refractivity contribution in [3.8, 4) is 0 Å². The van der Waals surface area contributed by atoms with Gasteiger partial charge >= 0.3 is 6.03 Å². The zero-order valence-electron chi connectivity index (χ0n) is 11.4. The third-order valence-corrected chi connectivity index (χ3v) is 3.06. The van der Waals surface area contributed by atoms with Crippen LogP contribution in [-0.4, -0.2) is 47.8 Å². The van der Waals surface area contributed by atoms with Crippen LogP contribution in [0.2, 0.25) is 0 Å². The second-order valence-corrected chi connectivity index (χ2v) is 4.72. The Bertz CT molecular complexity index is 605. The standard InChI is InChI=1S/C13H15FN4O3/c1-17-7-12(20)18(13(17)21)5-4-11(19)16-10-6-8(15)2-3-9(10)14/h2-3,6H,4-5,7,15H2,1H3,(H,16,19). The molecule has 112 valence electrons. The summed E-state index contributed by atoms with van der Waals surface area (Å²) in [7, 11) is 1.50. The van der Waals surface area contributed by atoms with E-state index in [2.05, 4.69) is 5.32 Å². The van der Waals surface area contributed by atoms with E-state index in [-0.39, 0.29) is 31.1 Å². The smallest absolute Gasteiger partial charge is 0.326 e. The number of nitrogens with two attached hydrogens (primary N) is 1. The summed E-state index contributed by atoms with van der Waals surface area (Å²) in [5.74, 6) is -1.47. The molecule has 1 fully saturated rings. The summed E-state index contributed by atoms with van der Waals surface area (Å²) >= 11 is 0. The quantitative estimate of drug-likeness (QED) is 0.629. The molecule has 1 aliphatic rings. The number of likely N-dealkylation sites (N-methyl/N-ethyl adjacent to an activating group) is 1. The van der Waals surface area contributed by atoms with Crippen LogP contribution >= 0.6 is 0 Å².